The Morgan fingerprint density at radius 1 is 1.10 bits per heavy atom. The molecular weight excluding hydrogens is 416 g/mol. The number of benzene rings is 1. The Hall–Kier alpha value is -1.90. The highest BCUT2D eigenvalue weighted by Gasteiger charge is 2.63. The first kappa shape index (κ1) is 23.8. The number of aliphatic hydroxyl groups is 2. The van der Waals surface area contributed by atoms with Crippen molar-refractivity contribution in [3.63, 3.8) is 0 Å². The van der Waals surface area contributed by atoms with Crippen LogP contribution in [-0.4, -0.2) is 60.8 Å². The van der Waals surface area contributed by atoms with Gasteiger partial charge in [-0.25, -0.2) is 0 Å². The molecule has 3 aliphatic carbocycles. The zero-order valence-corrected chi connectivity index (χ0v) is 19.8. The minimum atomic E-state index is -1.59. The number of hydrogen-bond donors (Lipinski definition) is 3. The number of carbonyl (C=O) groups excluding carboxylic acids is 2. The highest BCUT2D eigenvalue weighted by atomic mass is 28.3. The molecule has 0 heterocycles. The van der Waals surface area contributed by atoms with Crippen LogP contribution in [0.2, 0.25) is 25.7 Å². The number of aromatic hydroxyl groups is 1. The van der Waals surface area contributed by atoms with Gasteiger partial charge < -0.3 is 24.8 Å². The molecule has 31 heavy (non-hydrogen) atoms. The summed E-state index contributed by atoms with van der Waals surface area (Å²) in [4.78, 5) is 26.3. The molecule has 2 bridgehead atoms. The Labute approximate surface area is 184 Å². The average molecular weight is 451 g/mol. The highest BCUT2D eigenvalue weighted by Crippen LogP contribution is 2.60. The molecule has 8 heteroatoms. The first-order valence-corrected chi connectivity index (χ1v) is 14.7. The molecule has 5 atom stereocenters. The second-order valence-corrected chi connectivity index (χ2v) is 15.7. The maximum absolute atomic E-state index is 13.2. The summed E-state index contributed by atoms with van der Waals surface area (Å²) in [7, 11) is -1.41. The van der Waals surface area contributed by atoms with Crippen LogP contribution in [-0.2, 0) is 19.1 Å². The second-order valence-electron chi connectivity index (χ2n) is 10.1. The van der Waals surface area contributed by atoms with Crippen molar-refractivity contribution in [1.29, 1.82) is 0 Å². The van der Waals surface area contributed by atoms with Gasteiger partial charge in [0, 0.05) is 19.9 Å². The van der Waals surface area contributed by atoms with Gasteiger partial charge in [-0.3, -0.25) is 9.59 Å². The number of aliphatic hydroxyl groups excluding tert-OH is 1. The SMILES string of the molecule is CCCOC(=O)[C@H]1[C@H](C(=O)OCC[Si](C)(C)C)C2CC(O)(CO)[C@H]1c1cc(O)ccc12. The highest BCUT2D eigenvalue weighted by molar-refractivity contribution is 6.76. The third kappa shape index (κ3) is 4.66. The monoisotopic (exact) mass is 450 g/mol. The fraction of sp³-hybridized carbons (Fsp3) is 0.652. The van der Waals surface area contributed by atoms with E-state index in [0.717, 1.165) is 11.6 Å². The number of esters is 2. The van der Waals surface area contributed by atoms with Crippen LogP contribution in [0.25, 0.3) is 0 Å². The Balaban J connectivity index is 2.01. The van der Waals surface area contributed by atoms with Crippen molar-refractivity contribution in [3.8, 4) is 5.75 Å². The molecule has 0 aromatic heterocycles. The van der Waals surface area contributed by atoms with Crippen molar-refractivity contribution in [2.75, 3.05) is 19.8 Å². The molecule has 0 saturated heterocycles. The number of rotatable bonds is 8. The fourth-order valence-corrected chi connectivity index (χ4v) is 5.71. The van der Waals surface area contributed by atoms with E-state index in [1.807, 2.05) is 6.92 Å². The van der Waals surface area contributed by atoms with E-state index in [2.05, 4.69) is 19.6 Å². The largest absolute Gasteiger partial charge is 0.508 e. The number of hydrogen-bond acceptors (Lipinski definition) is 7. The molecule has 2 unspecified atom stereocenters. The van der Waals surface area contributed by atoms with Gasteiger partial charge in [-0.1, -0.05) is 32.6 Å². The Kier molecular flexibility index (Phi) is 6.83. The smallest absolute Gasteiger partial charge is 0.310 e. The maximum Gasteiger partial charge on any atom is 0.310 e. The van der Waals surface area contributed by atoms with Gasteiger partial charge in [-0.15, -0.1) is 0 Å². The van der Waals surface area contributed by atoms with Crippen molar-refractivity contribution in [1.82, 2.24) is 0 Å². The van der Waals surface area contributed by atoms with Crippen LogP contribution >= 0.6 is 0 Å². The zero-order valence-electron chi connectivity index (χ0n) is 18.8. The van der Waals surface area contributed by atoms with Crippen LogP contribution in [0, 0.1) is 11.8 Å². The topological polar surface area (TPSA) is 113 Å². The first-order valence-electron chi connectivity index (χ1n) is 11.0. The van der Waals surface area contributed by atoms with Gasteiger partial charge in [0.1, 0.15) is 5.75 Å². The van der Waals surface area contributed by atoms with Crippen LogP contribution in [0.15, 0.2) is 18.2 Å². The molecule has 1 saturated carbocycles. The lowest BCUT2D eigenvalue weighted by Gasteiger charge is -2.54. The molecule has 172 valence electrons. The lowest BCUT2D eigenvalue weighted by Crippen LogP contribution is -2.59. The molecular formula is C23H34O7Si. The van der Waals surface area contributed by atoms with Gasteiger partial charge in [0.05, 0.1) is 37.3 Å². The van der Waals surface area contributed by atoms with Gasteiger partial charge in [0.2, 0.25) is 0 Å². The third-order valence-electron chi connectivity index (χ3n) is 6.50. The molecule has 1 fully saturated rings. The van der Waals surface area contributed by atoms with Crippen molar-refractivity contribution in [2.24, 2.45) is 11.8 Å². The molecule has 1 aromatic carbocycles. The van der Waals surface area contributed by atoms with E-state index in [4.69, 9.17) is 9.47 Å². The quantitative estimate of drug-likeness (QED) is 0.412. The molecule has 0 spiro atoms. The Morgan fingerprint density at radius 2 is 1.74 bits per heavy atom. The lowest BCUT2D eigenvalue weighted by molar-refractivity contribution is -0.179. The van der Waals surface area contributed by atoms with Gasteiger partial charge in [0.25, 0.3) is 0 Å². The van der Waals surface area contributed by atoms with Crippen molar-refractivity contribution < 1.29 is 34.4 Å². The third-order valence-corrected chi connectivity index (χ3v) is 8.20. The molecule has 1 aromatic rings. The van der Waals surface area contributed by atoms with Crippen LogP contribution in [0.5, 0.6) is 5.75 Å². The van der Waals surface area contributed by atoms with Crippen LogP contribution in [0.1, 0.15) is 42.7 Å². The van der Waals surface area contributed by atoms with Gasteiger partial charge >= 0.3 is 11.9 Å². The molecule has 3 N–H and O–H groups in total. The van der Waals surface area contributed by atoms with Crippen molar-refractivity contribution >= 4 is 20.0 Å². The summed E-state index contributed by atoms with van der Waals surface area (Å²) in [6.07, 6.45) is 0.761. The molecule has 0 radical (unpaired) electrons. The summed E-state index contributed by atoms with van der Waals surface area (Å²) in [5.41, 5.74) is -0.207. The summed E-state index contributed by atoms with van der Waals surface area (Å²) >= 11 is 0. The van der Waals surface area contributed by atoms with E-state index >= 15 is 0 Å². The van der Waals surface area contributed by atoms with E-state index in [-0.39, 0.29) is 18.8 Å². The summed E-state index contributed by atoms with van der Waals surface area (Å²) in [5, 5.41) is 31.3. The summed E-state index contributed by atoms with van der Waals surface area (Å²) in [5.74, 6) is -4.23. The Morgan fingerprint density at radius 3 is 2.35 bits per heavy atom. The van der Waals surface area contributed by atoms with Gasteiger partial charge in [0.15, 0.2) is 0 Å². The number of phenols is 1. The average Bonchev–Trinajstić information content (AvgIpc) is 2.70. The van der Waals surface area contributed by atoms with Crippen LogP contribution in [0.3, 0.4) is 0 Å². The van der Waals surface area contributed by atoms with Crippen molar-refractivity contribution in [2.45, 2.75) is 62.9 Å². The second kappa shape index (κ2) is 8.92. The minimum Gasteiger partial charge on any atom is -0.508 e. The van der Waals surface area contributed by atoms with Crippen LogP contribution < -0.4 is 0 Å². The maximum atomic E-state index is 13.2. The summed E-state index contributed by atoms with van der Waals surface area (Å²) in [6, 6.07) is 5.60. The van der Waals surface area contributed by atoms with Crippen LogP contribution in [0.4, 0.5) is 0 Å². The standard InChI is InChI=1S/C23H34O7Si/c1-5-8-29-22(27)19-18(21(26)30-9-10-31(2,3)4)17-12-23(28,13-24)20(19)16-11-14(25)6-7-15(16)17/h6-7,11,17-20,24-25,28H,5,8-10,12-13H2,1-4H3/t17?,18-,19+,20+,23?/m1/s1. The number of fused-ring (bicyclic) bond motifs is 2. The first-order chi connectivity index (χ1) is 14.5. The van der Waals surface area contributed by atoms with E-state index in [9.17, 15) is 24.9 Å². The minimum absolute atomic E-state index is 0.00141. The zero-order chi connectivity index (χ0) is 23.0. The molecule has 0 amide bonds. The normalized spacial score (nSPS) is 29.4. The number of ether oxygens (including phenoxy) is 2. The molecule has 0 aliphatic heterocycles. The number of carbonyl (C=O) groups is 2. The molecule has 3 aliphatic rings. The van der Waals surface area contributed by atoms with E-state index < -0.39 is 55.9 Å². The van der Waals surface area contributed by atoms with Crippen molar-refractivity contribution in [3.05, 3.63) is 29.3 Å². The number of phenolic OH excluding ortho intramolecular Hbond substituents is 1. The van der Waals surface area contributed by atoms with E-state index in [1.54, 1.807) is 6.07 Å². The van der Waals surface area contributed by atoms with E-state index in [1.165, 1.54) is 12.1 Å². The summed E-state index contributed by atoms with van der Waals surface area (Å²) < 4.78 is 11.0. The fourth-order valence-electron chi connectivity index (χ4n) is 4.99. The Bertz CT molecular complexity index is 834. The van der Waals surface area contributed by atoms with Gasteiger partial charge in [-0.2, -0.15) is 0 Å². The molecule has 4 rings (SSSR count). The lowest BCUT2D eigenvalue weighted by atomic mass is 9.50. The van der Waals surface area contributed by atoms with E-state index in [0.29, 0.717) is 18.6 Å². The predicted octanol–water partition coefficient (Wildman–Crippen LogP) is 2.77. The van der Waals surface area contributed by atoms with Gasteiger partial charge in [-0.05, 0) is 42.1 Å². The summed E-state index contributed by atoms with van der Waals surface area (Å²) in [6.45, 7) is 8.40. The molecule has 7 nitrogen and oxygen atoms in total. The predicted molar refractivity (Wildman–Crippen MR) is 118 cm³/mol.